The SMILES string of the molecule is CN(Cc1cccc(Cl)c1Cl)CC(O)COCc1ccccc1. The molecular weight excluding hydrogens is 333 g/mol. The van der Waals surface area contributed by atoms with Crippen LogP contribution in [-0.2, 0) is 17.9 Å². The van der Waals surface area contributed by atoms with E-state index in [1.165, 1.54) is 0 Å². The van der Waals surface area contributed by atoms with Crippen molar-refractivity contribution in [3.63, 3.8) is 0 Å². The first-order valence-corrected chi connectivity index (χ1v) is 8.23. The summed E-state index contributed by atoms with van der Waals surface area (Å²) >= 11 is 12.2. The highest BCUT2D eigenvalue weighted by Crippen LogP contribution is 2.26. The number of halogens is 2. The van der Waals surface area contributed by atoms with Crippen molar-refractivity contribution in [2.45, 2.75) is 19.3 Å². The standard InChI is InChI=1S/C18H21Cl2NO2/c1-21(10-15-8-5-9-17(19)18(15)20)11-16(22)13-23-12-14-6-3-2-4-7-14/h2-9,16,22H,10-13H2,1H3. The maximum atomic E-state index is 10.1. The molecule has 0 spiro atoms. The Morgan fingerprint density at radius 1 is 1.09 bits per heavy atom. The van der Waals surface area contributed by atoms with E-state index in [-0.39, 0.29) is 0 Å². The van der Waals surface area contributed by atoms with Crippen LogP contribution in [0.1, 0.15) is 11.1 Å². The van der Waals surface area contributed by atoms with Gasteiger partial charge in [-0.15, -0.1) is 0 Å². The summed E-state index contributed by atoms with van der Waals surface area (Å²) in [4.78, 5) is 1.99. The van der Waals surface area contributed by atoms with Gasteiger partial charge in [0.25, 0.3) is 0 Å². The van der Waals surface area contributed by atoms with E-state index < -0.39 is 6.10 Å². The second kappa shape index (κ2) is 9.26. The highest BCUT2D eigenvalue weighted by Gasteiger charge is 2.11. The molecule has 5 heteroatoms. The maximum absolute atomic E-state index is 10.1. The van der Waals surface area contributed by atoms with Gasteiger partial charge in [0.05, 0.1) is 29.4 Å². The van der Waals surface area contributed by atoms with E-state index in [0.29, 0.717) is 36.3 Å². The molecule has 0 radical (unpaired) electrons. The molecule has 0 saturated heterocycles. The predicted molar refractivity (Wildman–Crippen MR) is 94.9 cm³/mol. The second-order valence-electron chi connectivity index (χ2n) is 5.56. The number of likely N-dealkylation sites (N-methyl/N-ethyl adjacent to an activating group) is 1. The van der Waals surface area contributed by atoms with Crippen molar-refractivity contribution in [3.05, 3.63) is 69.7 Å². The maximum Gasteiger partial charge on any atom is 0.0900 e. The van der Waals surface area contributed by atoms with Crippen molar-refractivity contribution in [1.82, 2.24) is 4.90 Å². The highest BCUT2D eigenvalue weighted by molar-refractivity contribution is 6.42. The summed E-state index contributed by atoms with van der Waals surface area (Å²) in [6.07, 6.45) is -0.554. The first-order chi connectivity index (χ1) is 11.1. The number of aliphatic hydroxyl groups excluding tert-OH is 1. The Kier molecular flexibility index (Phi) is 7.34. The summed E-state index contributed by atoms with van der Waals surface area (Å²) in [7, 11) is 1.93. The largest absolute Gasteiger partial charge is 0.389 e. The lowest BCUT2D eigenvalue weighted by Crippen LogP contribution is -2.32. The summed E-state index contributed by atoms with van der Waals surface area (Å²) < 4.78 is 5.55. The molecule has 2 rings (SSSR count). The van der Waals surface area contributed by atoms with Crippen molar-refractivity contribution in [2.24, 2.45) is 0 Å². The van der Waals surface area contributed by atoms with Crippen LogP contribution in [0.3, 0.4) is 0 Å². The van der Waals surface area contributed by atoms with E-state index >= 15 is 0 Å². The second-order valence-corrected chi connectivity index (χ2v) is 6.35. The average molecular weight is 354 g/mol. The molecule has 0 aliphatic carbocycles. The predicted octanol–water partition coefficient (Wildman–Crippen LogP) is 4.00. The van der Waals surface area contributed by atoms with E-state index in [0.717, 1.165) is 11.1 Å². The molecule has 0 amide bonds. The Labute approximate surface area is 147 Å². The summed E-state index contributed by atoms with van der Waals surface area (Å²) in [5.41, 5.74) is 2.04. The topological polar surface area (TPSA) is 32.7 Å². The monoisotopic (exact) mass is 353 g/mol. The third kappa shape index (κ3) is 6.13. The summed E-state index contributed by atoms with van der Waals surface area (Å²) in [6.45, 7) is 1.91. The fourth-order valence-electron chi connectivity index (χ4n) is 2.33. The number of benzene rings is 2. The van der Waals surface area contributed by atoms with Gasteiger partial charge in [-0.05, 0) is 24.2 Å². The van der Waals surface area contributed by atoms with Crippen LogP contribution >= 0.6 is 23.2 Å². The van der Waals surface area contributed by atoms with Crippen LogP contribution in [0, 0.1) is 0 Å². The molecule has 2 aromatic rings. The average Bonchev–Trinajstić information content (AvgIpc) is 2.53. The van der Waals surface area contributed by atoms with Crippen LogP contribution in [0.15, 0.2) is 48.5 Å². The van der Waals surface area contributed by atoms with Gasteiger partial charge >= 0.3 is 0 Å². The highest BCUT2D eigenvalue weighted by atomic mass is 35.5. The molecular formula is C18H21Cl2NO2. The van der Waals surface area contributed by atoms with Gasteiger partial charge in [0.15, 0.2) is 0 Å². The van der Waals surface area contributed by atoms with E-state index in [1.54, 1.807) is 6.07 Å². The Hall–Kier alpha value is -1.10. The van der Waals surface area contributed by atoms with Crippen molar-refractivity contribution in [1.29, 1.82) is 0 Å². The molecule has 0 aliphatic heterocycles. The summed E-state index contributed by atoms with van der Waals surface area (Å²) in [6, 6.07) is 15.5. The van der Waals surface area contributed by atoms with E-state index in [2.05, 4.69) is 0 Å². The number of nitrogens with zero attached hydrogens (tertiary/aromatic N) is 1. The van der Waals surface area contributed by atoms with Crippen molar-refractivity contribution < 1.29 is 9.84 Å². The normalized spacial score (nSPS) is 12.6. The van der Waals surface area contributed by atoms with Crippen LogP contribution in [0.25, 0.3) is 0 Å². The number of aliphatic hydroxyl groups is 1. The first kappa shape index (κ1) is 18.2. The van der Waals surface area contributed by atoms with Gasteiger partial charge in [0.2, 0.25) is 0 Å². The van der Waals surface area contributed by atoms with Gasteiger partial charge in [0.1, 0.15) is 0 Å². The Balaban J connectivity index is 1.74. The quantitative estimate of drug-likeness (QED) is 0.778. The van der Waals surface area contributed by atoms with Gasteiger partial charge in [-0.3, -0.25) is 4.90 Å². The number of hydrogen-bond acceptors (Lipinski definition) is 3. The molecule has 0 fully saturated rings. The van der Waals surface area contributed by atoms with Crippen LogP contribution in [0.5, 0.6) is 0 Å². The molecule has 1 atom stereocenters. The fraction of sp³-hybridized carbons (Fsp3) is 0.333. The molecule has 0 bridgehead atoms. The molecule has 2 aromatic carbocycles. The van der Waals surface area contributed by atoms with Gasteiger partial charge in [-0.25, -0.2) is 0 Å². The lowest BCUT2D eigenvalue weighted by atomic mass is 10.2. The number of hydrogen-bond donors (Lipinski definition) is 1. The molecule has 1 N–H and O–H groups in total. The Morgan fingerprint density at radius 2 is 1.83 bits per heavy atom. The summed E-state index contributed by atoms with van der Waals surface area (Å²) in [5.74, 6) is 0. The molecule has 23 heavy (non-hydrogen) atoms. The molecule has 0 aromatic heterocycles. The third-order valence-electron chi connectivity index (χ3n) is 3.42. The zero-order chi connectivity index (χ0) is 16.7. The zero-order valence-electron chi connectivity index (χ0n) is 13.1. The van der Waals surface area contributed by atoms with E-state index in [4.69, 9.17) is 27.9 Å². The van der Waals surface area contributed by atoms with E-state index in [9.17, 15) is 5.11 Å². The van der Waals surface area contributed by atoms with Gasteiger partial charge in [0, 0.05) is 13.1 Å². The van der Waals surface area contributed by atoms with Crippen LogP contribution in [0.2, 0.25) is 10.0 Å². The van der Waals surface area contributed by atoms with Crippen LogP contribution < -0.4 is 0 Å². The van der Waals surface area contributed by atoms with Crippen LogP contribution in [0.4, 0.5) is 0 Å². The van der Waals surface area contributed by atoms with E-state index in [1.807, 2.05) is 54.4 Å². The van der Waals surface area contributed by atoms with Crippen molar-refractivity contribution in [2.75, 3.05) is 20.2 Å². The smallest absolute Gasteiger partial charge is 0.0900 e. The number of ether oxygens (including phenoxy) is 1. The number of rotatable bonds is 8. The minimum absolute atomic E-state index is 0.294. The molecule has 0 heterocycles. The molecule has 3 nitrogen and oxygen atoms in total. The van der Waals surface area contributed by atoms with Crippen LogP contribution in [-0.4, -0.2) is 36.3 Å². The molecule has 0 aliphatic rings. The Morgan fingerprint density at radius 3 is 2.57 bits per heavy atom. The Bertz CT molecular complexity index is 607. The van der Waals surface area contributed by atoms with Gasteiger partial charge < -0.3 is 9.84 Å². The summed E-state index contributed by atoms with van der Waals surface area (Å²) in [5, 5.41) is 11.2. The molecule has 1 unspecified atom stereocenters. The van der Waals surface area contributed by atoms with Crippen molar-refractivity contribution >= 4 is 23.2 Å². The first-order valence-electron chi connectivity index (χ1n) is 7.47. The molecule has 124 valence electrons. The zero-order valence-corrected chi connectivity index (χ0v) is 14.6. The molecule has 0 saturated carbocycles. The van der Waals surface area contributed by atoms with Gasteiger partial charge in [-0.1, -0.05) is 65.7 Å². The lowest BCUT2D eigenvalue weighted by Gasteiger charge is -2.21. The van der Waals surface area contributed by atoms with Crippen molar-refractivity contribution in [3.8, 4) is 0 Å². The minimum Gasteiger partial charge on any atom is -0.389 e. The van der Waals surface area contributed by atoms with Gasteiger partial charge in [-0.2, -0.15) is 0 Å². The minimum atomic E-state index is -0.554. The fourth-order valence-corrected chi connectivity index (χ4v) is 2.71. The lowest BCUT2D eigenvalue weighted by molar-refractivity contribution is 0.0127. The third-order valence-corrected chi connectivity index (χ3v) is 4.27.